The number of nitrogens with one attached hydrogen (secondary N) is 1. The molecule has 0 bridgehead atoms. The first-order valence-electron chi connectivity index (χ1n) is 6.01. The van der Waals surface area contributed by atoms with E-state index in [-0.39, 0.29) is 24.7 Å². The van der Waals surface area contributed by atoms with Crippen LogP contribution >= 0.6 is 0 Å². The molecule has 98 valence electrons. The molecule has 0 aromatic heterocycles. The summed E-state index contributed by atoms with van der Waals surface area (Å²) in [6.45, 7) is 4.34. The second-order valence-corrected chi connectivity index (χ2v) is 4.48. The number of hydrogen-bond acceptors (Lipinski definition) is 4. The predicted octanol–water partition coefficient (Wildman–Crippen LogP) is 1.19. The quantitative estimate of drug-likeness (QED) is 0.841. The molecule has 2 atom stereocenters. The van der Waals surface area contributed by atoms with Crippen LogP contribution in [0.15, 0.2) is 18.2 Å². The van der Waals surface area contributed by atoms with Gasteiger partial charge in [-0.05, 0) is 24.6 Å². The van der Waals surface area contributed by atoms with E-state index in [0.29, 0.717) is 6.54 Å². The van der Waals surface area contributed by atoms with Crippen LogP contribution in [0, 0.1) is 5.92 Å². The summed E-state index contributed by atoms with van der Waals surface area (Å²) in [6.07, 6.45) is 0. The lowest BCUT2D eigenvalue weighted by molar-refractivity contribution is -0.124. The van der Waals surface area contributed by atoms with Gasteiger partial charge < -0.3 is 20.5 Å². The third kappa shape index (κ3) is 2.56. The minimum atomic E-state index is -0.179. The zero-order valence-corrected chi connectivity index (χ0v) is 10.6. The number of hydrogen-bond donors (Lipinski definition) is 2. The van der Waals surface area contributed by atoms with Crippen LogP contribution in [-0.4, -0.2) is 19.2 Å². The van der Waals surface area contributed by atoms with E-state index in [2.05, 4.69) is 5.32 Å². The molecule has 3 N–H and O–H groups in total. The van der Waals surface area contributed by atoms with Crippen LogP contribution in [0.4, 0.5) is 0 Å². The number of nitrogens with two attached hydrogens (primary N) is 1. The highest BCUT2D eigenvalue weighted by molar-refractivity contribution is 5.78. The van der Waals surface area contributed by atoms with Gasteiger partial charge in [-0.1, -0.05) is 13.0 Å². The monoisotopic (exact) mass is 250 g/mol. The Hall–Kier alpha value is -1.75. The Balaban J connectivity index is 2.05. The van der Waals surface area contributed by atoms with E-state index in [1.54, 1.807) is 0 Å². The van der Waals surface area contributed by atoms with Crippen molar-refractivity contribution in [2.24, 2.45) is 11.7 Å². The smallest absolute Gasteiger partial charge is 0.231 e. The van der Waals surface area contributed by atoms with E-state index in [1.165, 1.54) is 0 Å². The summed E-state index contributed by atoms with van der Waals surface area (Å²) in [5, 5.41) is 2.92. The molecule has 18 heavy (non-hydrogen) atoms. The van der Waals surface area contributed by atoms with E-state index >= 15 is 0 Å². The van der Waals surface area contributed by atoms with Crippen molar-refractivity contribution in [1.82, 2.24) is 5.32 Å². The molecule has 2 rings (SSSR count). The van der Waals surface area contributed by atoms with Gasteiger partial charge >= 0.3 is 0 Å². The third-order valence-corrected chi connectivity index (χ3v) is 3.06. The van der Waals surface area contributed by atoms with Gasteiger partial charge in [-0.3, -0.25) is 4.79 Å². The molecule has 0 radical (unpaired) electrons. The molecule has 0 saturated heterocycles. The third-order valence-electron chi connectivity index (χ3n) is 3.06. The van der Waals surface area contributed by atoms with Crippen molar-refractivity contribution >= 4 is 5.91 Å². The molecule has 0 spiro atoms. The Labute approximate surface area is 106 Å². The summed E-state index contributed by atoms with van der Waals surface area (Å²) in [5.41, 5.74) is 6.45. The van der Waals surface area contributed by atoms with Crippen molar-refractivity contribution in [3.05, 3.63) is 23.8 Å². The SMILES string of the molecule is CC(CN)C(=O)NC(C)c1ccc2c(c1)OCO2. The van der Waals surface area contributed by atoms with Gasteiger partial charge in [0.1, 0.15) is 0 Å². The van der Waals surface area contributed by atoms with Crippen LogP contribution in [0.2, 0.25) is 0 Å². The van der Waals surface area contributed by atoms with Crippen molar-refractivity contribution < 1.29 is 14.3 Å². The van der Waals surface area contributed by atoms with Crippen molar-refractivity contribution in [2.45, 2.75) is 19.9 Å². The molecule has 0 saturated carbocycles. The number of benzene rings is 1. The van der Waals surface area contributed by atoms with Gasteiger partial charge in [-0.25, -0.2) is 0 Å². The standard InChI is InChI=1S/C13H18N2O3/c1-8(6-14)13(16)15-9(2)10-3-4-11-12(5-10)18-7-17-11/h3-5,8-9H,6-7,14H2,1-2H3,(H,15,16). The molecular weight excluding hydrogens is 232 g/mol. The van der Waals surface area contributed by atoms with E-state index in [1.807, 2.05) is 32.0 Å². The molecule has 1 aromatic rings. The first-order chi connectivity index (χ1) is 8.61. The van der Waals surface area contributed by atoms with Crippen LogP contribution in [0.1, 0.15) is 25.5 Å². The highest BCUT2D eigenvalue weighted by atomic mass is 16.7. The van der Waals surface area contributed by atoms with Crippen molar-refractivity contribution in [3.8, 4) is 11.5 Å². The molecule has 1 aliphatic heterocycles. The minimum absolute atomic E-state index is 0.0392. The second kappa shape index (κ2) is 5.27. The van der Waals surface area contributed by atoms with Gasteiger partial charge in [0.05, 0.1) is 6.04 Å². The van der Waals surface area contributed by atoms with Crippen LogP contribution < -0.4 is 20.5 Å². The summed E-state index contributed by atoms with van der Waals surface area (Å²) in [7, 11) is 0. The molecule has 1 heterocycles. The molecule has 1 aromatic carbocycles. The van der Waals surface area contributed by atoms with Gasteiger partial charge in [0.2, 0.25) is 12.7 Å². The second-order valence-electron chi connectivity index (χ2n) is 4.48. The number of amides is 1. The Morgan fingerprint density at radius 1 is 1.39 bits per heavy atom. The van der Waals surface area contributed by atoms with Crippen LogP contribution in [0.5, 0.6) is 11.5 Å². The summed E-state index contributed by atoms with van der Waals surface area (Å²) >= 11 is 0. The number of fused-ring (bicyclic) bond motifs is 1. The fourth-order valence-electron chi connectivity index (χ4n) is 1.73. The lowest BCUT2D eigenvalue weighted by atomic mass is 10.1. The van der Waals surface area contributed by atoms with Crippen molar-refractivity contribution in [1.29, 1.82) is 0 Å². The topological polar surface area (TPSA) is 73.6 Å². The molecule has 0 fully saturated rings. The molecule has 2 unspecified atom stereocenters. The summed E-state index contributed by atoms with van der Waals surface area (Å²) < 4.78 is 10.6. The largest absolute Gasteiger partial charge is 0.454 e. The first-order valence-corrected chi connectivity index (χ1v) is 6.01. The van der Waals surface area contributed by atoms with Crippen LogP contribution in [0.25, 0.3) is 0 Å². The highest BCUT2D eigenvalue weighted by Gasteiger charge is 2.18. The van der Waals surface area contributed by atoms with Gasteiger partial charge in [0.15, 0.2) is 11.5 Å². The van der Waals surface area contributed by atoms with Gasteiger partial charge in [0.25, 0.3) is 0 Å². The lowest BCUT2D eigenvalue weighted by Crippen LogP contribution is -2.34. The van der Waals surface area contributed by atoms with Gasteiger partial charge in [0, 0.05) is 12.5 Å². The molecule has 5 nitrogen and oxygen atoms in total. The summed E-state index contributed by atoms with van der Waals surface area (Å²) in [5.74, 6) is 1.25. The fraction of sp³-hybridized carbons (Fsp3) is 0.462. The Morgan fingerprint density at radius 3 is 2.83 bits per heavy atom. The fourth-order valence-corrected chi connectivity index (χ4v) is 1.73. The Kier molecular flexibility index (Phi) is 3.72. The van der Waals surface area contributed by atoms with E-state index in [4.69, 9.17) is 15.2 Å². The average molecular weight is 250 g/mol. The normalized spacial score (nSPS) is 16.2. The Morgan fingerprint density at radius 2 is 2.11 bits per heavy atom. The van der Waals surface area contributed by atoms with E-state index < -0.39 is 0 Å². The van der Waals surface area contributed by atoms with Crippen molar-refractivity contribution in [2.75, 3.05) is 13.3 Å². The summed E-state index contributed by atoms with van der Waals surface area (Å²) in [6, 6.07) is 5.58. The van der Waals surface area contributed by atoms with Crippen LogP contribution in [0.3, 0.4) is 0 Å². The average Bonchev–Trinajstić information content (AvgIpc) is 2.84. The van der Waals surface area contributed by atoms with E-state index in [0.717, 1.165) is 17.1 Å². The van der Waals surface area contributed by atoms with Gasteiger partial charge in [-0.2, -0.15) is 0 Å². The maximum atomic E-state index is 11.7. The zero-order valence-electron chi connectivity index (χ0n) is 10.6. The number of ether oxygens (including phenoxy) is 2. The summed E-state index contributed by atoms with van der Waals surface area (Å²) in [4.78, 5) is 11.7. The number of carbonyl (C=O) groups is 1. The Bertz CT molecular complexity index is 448. The zero-order chi connectivity index (χ0) is 13.1. The maximum absolute atomic E-state index is 11.7. The first kappa shape index (κ1) is 12.7. The predicted molar refractivity (Wildman–Crippen MR) is 67.3 cm³/mol. The molecule has 1 amide bonds. The molecular formula is C13H18N2O3. The minimum Gasteiger partial charge on any atom is -0.454 e. The molecule has 0 aliphatic carbocycles. The number of rotatable bonds is 4. The molecule has 5 heteroatoms. The van der Waals surface area contributed by atoms with Gasteiger partial charge in [-0.15, -0.1) is 0 Å². The molecule has 1 aliphatic rings. The van der Waals surface area contributed by atoms with E-state index in [9.17, 15) is 4.79 Å². The maximum Gasteiger partial charge on any atom is 0.231 e. The lowest BCUT2D eigenvalue weighted by Gasteiger charge is -2.17. The van der Waals surface area contributed by atoms with Crippen LogP contribution in [-0.2, 0) is 4.79 Å². The highest BCUT2D eigenvalue weighted by Crippen LogP contribution is 2.34. The van der Waals surface area contributed by atoms with Crippen molar-refractivity contribution in [3.63, 3.8) is 0 Å². The number of carbonyl (C=O) groups excluding carboxylic acids is 1.